The third-order valence-electron chi connectivity index (χ3n) is 3.31. The van der Waals surface area contributed by atoms with E-state index in [2.05, 4.69) is 15.0 Å². The predicted molar refractivity (Wildman–Crippen MR) is 72.0 cm³/mol. The van der Waals surface area contributed by atoms with E-state index in [0.29, 0.717) is 16.7 Å². The van der Waals surface area contributed by atoms with E-state index >= 15 is 0 Å². The van der Waals surface area contributed by atoms with Gasteiger partial charge in [-0.05, 0) is 13.3 Å². The molecule has 1 atom stereocenters. The van der Waals surface area contributed by atoms with Crippen LogP contribution in [0.15, 0.2) is 6.20 Å². The Morgan fingerprint density at radius 2 is 2.28 bits per heavy atom. The quantitative estimate of drug-likeness (QED) is 0.798. The molecule has 3 heterocycles. The van der Waals surface area contributed by atoms with E-state index in [0.717, 1.165) is 30.7 Å². The summed E-state index contributed by atoms with van der Waals surface area (Å²) in [5, 5.41) is 4.61. The molecule has 6 nitrogen and oxygen atoms in total. The van der Waals surface area contributed by atoms with Gasteiger partial charge in [0.25, 0.3) is 0 Å². The fourth-order valence-corrected chi connectivity index (χ4v) is 2.52. The fraction of sp³-hybridized carbons (Fsp3) is 0.455. The number of aryl methyl sites for hydroxylation is 1. The average Bonchev–Trinajstić information content (AvgIpc) is 2.91. The van der Waals surface area contributed by atoms with Gasteiger partial charge in [0.2, 0.25) is 0 Å². The van der Waals surface area contributed by atoms with Crippen molar-refractivity contribution in [2.75, 3.05) is 23.7 Å². The van der Waals surface area contributed by atoms with Crippen LogP contribution in [0.25, 0.3) is 5.65 Å². The molecule has 18 heavy (non-hydrogen) atoms. The van der Waals surface area contributed by atoms with Crippen molar-refractivity contribution < 1.29 is 0 Å². The molecule has 1 saturated heterocycles. The molecule has 0 aliphatic carbocycles. The Hall–Kier alpha value is -1.53. The third-order valence-corrected chi connectivity index (χ3v) is 3.67. The van der Waals surface area contributed by atoms with Crippen LogP contribution in [0, 0.1) is 6.92 Å². The summed E-state index contributed by atoms with van der Waals surface area (Å²) in [6.45, 7) is 3.56. The number of hydrogen-bond acceptors (Lipinski definition) is 5. The first-order valence-corrected chi connectivity index (χ1v) is 6.25. The van der Waals surface area contributed by atoms with Gasteiger partial charge >= 0.3 is 0 Å². The van der Waals surface area contributed by atoms with E-state index in [1.54, 1.807) is 10.7 Å². The lowest BCUT2D eigenvalue weighted by Gasteiger charge is -2.19. The Bertz CT molecular complexity index is 607. The van der Waals surface area contributed by atoms with Gasteiger partial charge in [-0.3, -0.25) is 0 Å². The van der Waals surface area contributed by atoms with Crippen molar-refractivity contribution in [3.63, 3.8) is 0 Å². The molecule has 0 spiro atoms. The van der Waals surface area contributed by atoms with Crippen molar-refractivity contribution in [1.29, 1.82) is 0 Å². The predicted octanol–water partition coefficient (Wildman–Crippen LogP) is 0.811. The monoisotopic (exact) mass is 266 g/mol. The molecular weight excluding hydrogens is 252 g/mol. The number of nitrogens with zero attached hydrogens (tertiary/aromatic N) is 4. The number of rotatable bonds is 1. The van der Waals surface area contributed by atoms with Crippen LogP contribution in [0.1, 0.15) is 12.0 Å². The maximum Gasteiger partial charge on any atom is 0.162 e. The smallest absolute Gasteiger partial charge is 0.162 e. The molecule has 0 aromatic carbocycles. The van der Waals surface area contributed by atoms with Crippen molar-refractivity contribution in [1.82, 2.24) is 14.6 Å². The highest BCUT2D eigenvalue weighted by Gasteiger charge is 2.24. The van der Waals surface area contributed by atoms with Gasteiger partial charge in [-0.1, -0.05) is 11.6 Å². The molecule has 7 heteroatoms. The van der Waals surface area contributed by atoms with Crippen LogP contribution in [0.2, 0.25) is 5.02 Å². The zero-order chi connectivity index (χ0) is 12.9. The SMILES string of the molecule is Cc1cnn2c(N)c(Cl)c(N3CC[C@@H](N)C3)nc12. The van der Waals surface area contributed by atoms with Crippen LogP contribution < -0.4 is 16.4 Å². The molecule has 96 valence electrons. The summed E-state index contributed by atoms with van der Waals surface area (Å²) in [5.41, 5.74) is 13.6. The Morgan fingerprint density at radius 3 is 2.94 bits per heavy atom. The second-order valence-electron chi connectivity index (χ2n) is 4.69. The molecular formula is C11H15ClN6. The summed E-state index contributed by atoms with van der Waals surface area (Å²) in [7, 11) is 0. The molecule has 2 aromatic heterocycles. The third kappa shape index (κ3) is 1.60. The highest BCUT2D eigenvalue weighted by atomic mass is 35.5. The molecule has 3 rings (SSSR count). The van der Waals surface area contributed by atoms with Gasteiger partial charge in [0.15, 0.2) is 11.5 Å². The molecule has 4 N–H and O–H groups in total. The number of hydrogen-bond donors (Lipinski definition) is 2. The van der Waals surface area contributed by atoms with Gasteiger partial charge in [-0.25, -0.2) is 4.98 Å². The lowest BCUT2D eigenvalue weighted by molar-refractivity contribution is 0.751. The zero-order valence-corrected chi connectivity index (χ0v) is 10.9. The summed E-state index contributed by atoms with van der Waals surface area (Å²) in [6, 6.07) is 0.173. The Kier molecular flexibility index (Phi) is 2.57. The van der Waals surface area contributed by atoms with Crippen LogP contribution in [0.5, 0.6) is 0 Å². The van der Waals surface area contributed by atoms with Gasteiger partial charge in [0, 0.05) is 24.7 Å². The average molecular weight is 267 g/mol. The van der Waals surface area contributed by atoms with E-state index < -0.39 is 0 Å². The Morgan fingerprint density at radius 1 is 1.50 bits per heavy atom. The minimum Gasteiger partial charge on any atom is -0.382 e. The van der Waals surface area contributed by atoms with E-state index in [-0.39, 0.29) is 6.04 Å². The normalized spacial score (nSPS) is 19.9. The fourth-order valence-electron chi connectivity index (χ4n) is 2.28. The summed E-state index contributed by atoms with van der Waals surface area (Å²) < 4.78 is 1.57. The van der Waals surface area contributed by atoms with E-state index in [4.69, 9.17) is 23.1 Å². The second-order valence-corrected chi connectivity index (χ2v) is 5.07. The van der Waals surface area contributed by atoms with E-state index in [1.807, 2.05) is 6.92 Å². The van der Waals surface area contributed by atoms with Crippen molar-refractivity contribution in [3.05, 3.63) is 16.8 Å². The maximum absolute atomic E-state index is 6.28. The van der Waals surface area contributed by atoms with Crippen LogP contribution in [-0.4, -0.2) is 33.7 Å². The maximum atomic E-state index is 6.28. The number of nitrogen functional groups attached to an aromatic ring is 1. The molecule has 0 amide bonds. The summed E-state index contributed by atoms with van der Waals surface area (Å²) in [6.07, 6.45) is 2.68. The Labute approximate surface area is 110 Å². The molecule has 0 bridgehead atoms. The molecule has 0 unspecified atom stereocenters. The first kappa shape index (κ1) is 11.6. The lowest BCUT2D eigenvalue weighted by atomic mass is 10.3. The molecule has 0 radical (unpaired) electrons. The second kappa shape index (κ2) is 4.00. The first-order chi connectivity index (χ1) is 8.58. The summed E-state index contributed by atoms with van der Waals surface area (Å²) in [5.74, 6) is 1.13. The largest absolute Gasteiger partial charge is 0.382 e. The molecule has 1 aliphatic rings. The number of anilines is 2. The number of halogens is 1. The van der Waals surface area contributed by atoms with E-state index in [1.165, 1.54) is 0 Å². The van der Waals surface area contributed by atoms with Crippen LogP contribution in [0.3, 0.4) is 0 Å². The minimum atomic E-state index is 0.173. The molecule has 0 saturated carbocycles. The topological polar surface area (TPSA) is 85.5 Å². The highest BCUT2D eigenvalue weighted by Crippen LogP contribution is 2.32. The van der Waals surface area contributed by atoms with Gasteiger partial charge in [0.05, 0.1) is 6.20 Å². The Balaban J connectivity index is 2.17. The van der Waals surface area contributed by atoms with Gasteiger partial charge in [-0.15, -0.1) is 0 Å². The van der Waals surface area contributed by atoms with Gasteiger partial charge in [0.1, 0.15) is 10.8 Å². The van der Waals surface area contributed by atoms with Crippen LogP contribution in [-0.2, 0) is 0 Å². The van der Waals surface area contributed by atoms with Crippen molar-refractivity contribution >= 4 is 28.9 Å². The highest BCUT2D eigenvalue weighted by molar-refractivity contribution is 6.35. The summed E-state index contributed by atoms with van der Waals surface area (Å²) in [4.78, 5) is 6.65. The van der Waals surface area contributed by atoms with Gasteiger partial charge < -0.3 is 16.4 Å². The lowest BCUT2D eigenvalue weighted by Crippen LogP contribution is -2.27. The standard InChI is InChI=1S/C11H15ClN6/c1-6-4-15-18-9(14)8(12)11(16-10(6)18)17-3-2-7(13)5-17/h4,7H,2-3,5,13-14H2,1H3/t7-/m1/s1. The zero-order valence-electron chi connectivity index (χ0n) is 10.1. The molecule has 1 fully saturated rings. The van der Waals surface area contributed by atoms with Crippen LogP contribution >= 0.6 is 11.6 Å². The minimum absolute atomic E-state index is 0.173. The van der Waals surface area contributed by atoms with Crippen molar-refractivity contribution in [2.24, 2.45) is 5.73 Å². The number of fused-ring (bicyclic) bond motifs is 1. The number of nitrogens with two attached hydrogens (primary N) is 2. The van der Waals surface area contributed by atoms with Gasteiger partial charge in [-0.2, -0.15) is 9.61 Å². The van der Waals surface area contributed by atoms with Crippen LogP contribution in [0.4, 0.5) is 11.6 Å². The van der Waals surface area contributed by atoms with Crippen molar-refractivity contribution in [3.8, 4) is 0 Å². The van der Waals surface area contributed by atoms with E-state index in [9.17, 15) is 0 Å². The molecule has 2 aromatic rings. The first-order valence-electron chi connectivity index (χ1n) is 5.87. The van der Waals surface area contributed by atoms with Crippen molar-refractivity contribution in [2.45, 2.75) is 19.4 Å². The molecule has 1 aliphatic heterocycles. The summed E-state index contributed by atoms with van der Waals surface area (Å²) >= 11 is 6.28. The number of aromatic nitrogens is 3.